The molecule has 1 unspecified atom stereocenters. The molecule has 8 heteroatoms. The minimum absolute atomic E-state index is 0.00334. The highest BCUT2D eigenvalue weighted by molar-refractivity contribution is 8.00. The van der Waals surface area contributed by atoms with E-state index in [9.17, 15) is 9.59 Å². The van der Waals surface area contributed by atoms with Gasteiger partial charge in [-0.25, -0.2) is 9.89 Å². The molecule has 0 bridgehead atoms. The number of thioether (sulfide) groups is 1. The van der Waals surface area contributed by atoms with Crippen LogP contribution in [0.4, 0.5) is 0 Å². The largest absolute Gasteiger partial charge is 0.385 e. The van der Waals surface area contributed by atoms with E-state index in [-0.39, 0.29) is 16.8 Å². The zero-order valence-electron chi connectivity index (χ0n) is 11.7. The second kappa shape index (κ2) is 6.94. The number of amides is 1. The highest BCUT2D eigenvalue weighted by atomic mass is 32.2. The van der Waals surface area contributed by atoms with Gasteiger partial charge in [0.05, 0.1) is 5.25 Å². The van der Waals surface area contributed by atoms with Gasteiger partial charge in [-0.15, -0.1) is 5.10 Å². The lowest BCUT2D eigenvalue weighted by Crippen LogP contribution is -2.32. The number of hydrogen-bond donors (Lipinski definition) is 2. The lowest BCUT2D eigenvalue weighted by atomic mass is 10.4. The summed E-state index contributed by atoms with van der Waals surface area (Å²) in [5.74, 6) is -0.00334. The van der Waals surface area contributed by atoms with Crippen molar-refractivity contribution in [3.63, 3.8) is 0 Å². The van der Waals surface area contributed by atoms with E-state index in [0.717, 1.165) is 19.3 Å². The van der Waals surface area contributed by atoms with Crippen LogP contribution in [0.5, 0.6) is 0 Å². The highest BCUT2D eigenvalue weighted by Gasteiger charge is 2.26. The summed E-state index contributed by atoms with van der Waals surface area (Å²) in [4.78, 5) is 23.6. The van der Waals surface area contributed by atoms with Crippen LogP contribution in [0.2, 0.25) is 0 Å². The van der Waals surface area contributed by atoms with Gasteiger partial charge in [-0.1, -0.05) is 11.8 Å². The van der Waals surface area contributed by atoms with E-state index < -0.39 is 0 Å². The molecule has 0 aliphatic heterocycles. The fourth-order valence-corrected chi connectivity index (χ4v) is 2.61. The molecule has 0 aromatic carbocycles. The summed E-state index contributed by atoms with van der Waals surface area (Å²) in [5.41, 5.74) is -0.251. The maximum Gasteiger partial charge on any atom is 0.343 e. The summed E-state index contributed by atoms with van der Waals surface area (Å²) < 4.78 is 6.52. The zero-order chi connectivity index (χ0) is 14.5. The Labute approximate surface area is 121 Å². The number of aromatic nitrogens is 3. The molecular weight excluding hydrogens is 280 g/mol. The first kappa shape index (κ1) is 15.1. The minimum Gasteiger partial charge on any atom is -0.385 e. The number of hydrogen-bond acceptors (Lipinski definition) is 5. The molecule has 20 heavy (non-hydrogen) atoms. The van der Waals surface area contributed by atoms with Crippen molar-refractivity contribution in [3.05, 3.63) is 10.5 Å². The van der Waals surface area contributed by atoms with E-state index in [1.807, 2.05) is 6.92 Å². The number of carbonyl (C=O) groups is 1. The Bertz CT molecular complexity index is 509. The maximum absolute atomic E-state index is 11.9. The Morgan fingerprint density at radius 3 is 3.05 bits per heavy atom. The summed E-state index contributed by atoms with van der Waals surface area (Å²) in [6, 6.07) is 0.341. The van der Waals surface area contributed by atoms with E-state index in [1.165, 1.54) is 11.8 Å². The molecule has 0 saturated heterocycles. The zero-order valence-corrected chi connectivity index (χ0v) is 12.5. The third-order valence-corrected chi connectivity index (χ3v) is 4.12. The van der Waals surface area contributed by atoms with Crippen LogP contribution in [0.1, 0.15) is 26.2 Å². The molecule has 1 aromatic heterocycles. The molecule has 2 rings (SSSR count). The van der Waals surface area contributed by atoms with Gasteiger partial charge < -0.3 is 10.1 Å². The molecule has 1 fully saturated rings. The van der Waals surface area contributed by atoms with Crippen molar-refractivity contribution in [2.75, 3.05) is 13.7 Å². The van der Waals surface area contributed by atoms with Gasteiger partial charge in [0.25, 0.3) is 0 Å². The van der Waals surface area contributed by atoms with Crippen LogP contribution in [-0.2, 0) is 16.1 Å². The Balaban J connectivity index is 1.93. The van der Waals surface area contributed by atoms with Gasteiger partial charge in [0.15, 0.2) is 5.16 Å². The third kappa shape index (κ3) is 4.11. The van der Waals surface area contributed by atoms with Gasteiger partial charge >= 0.3 is 5.69 Å². The quantitative estimate of drug-likeness (QED) is 0.535. The lowest BCUT2D eigenvalue weighted by Gasteiger charge is -2.11. The summed E-state index contributed by atoms with van der Waals surface area (Å²) in [6.07, 6.45) is 2.85. The van der Waals surface area contributed by atoms with Gasteiger partial charge in [-0.2, -0.15) is 0 Å². The molecule has 1 saturated carbocycles. The van der Waals surface area contributed by atoms with Gasteiger partial charge in [0, 0.05) is 26.3 Å². The first-order valence-electron chi connectivity index (χ1n) is 6.73. The molecule has 1 aliphatic rings. The van der Waals surface area contributed by atoms with Gasteiger partial charge in [-0.3, -0.25) is 9.36 Å². The average molecular weight is 300 g/mol. The first-order chi connectivity index (χ1) is 9.61. The van der Waals surface area contributed by atoms with Crippen molar-refractivity contribution in [3.8, 4) is 0 Å². The SMILES string of the molecule is COCCCn1c(SC(C)C(=O)NC2CC2)n[nH]c1=O. The number of rotatable bonds is 8. The number of ether oxygens (including phenoxy) is 1. The van der Waals surface area contributed by atoms with Gasteiger partial charge in [0.1, 0.15) is 0 Å². The van der Waals surface area contributed by atoms with E-state index in [1.54, 1.807) is 11.7 Å². The maximum atomic E-state index is 11.9. The second-order valence-electron chi connectivity index (χ2n) is 4.85. The fraction of sp³-hybridized carbons (Fsp3) is 0.750. The number of methoxy groups -OCH3 is 1. The summed E-state index contributed by atoms with van der Waals surface area (Å²) >= 11 is 1.29. The molecule has 0 radical (unpaired) electrons. The molecule has 1 aromatic rings. The highest BCUT2D eigenvalue weighted by Crippen LogP contribution is 2.23. The standard InChI is InChI=1S/C12H20N4O3S/c1-8(10(17)13-9-4-5-9)20-12-15-14-11(18)16(12)6-3-7-19-2/h8-9H,3-7H2,1-2H3,(H,13,17)(H,14,18). The monoisotopic (exact) mass is 300 g/mol. The number of aromatic amines is 1. The predicted molar refractivity (Wildman–Crippen MR) is 75.8 cm³/mol. The summed E-state index contributed by atoms with van der Waals surface area (Å²) in [7, 11) is 1.62. The van der Waals surface area contributed by atoms with Crippen LogP contribution in [0.15, 0.2) is 9.95 Å². The molecule has 1 amide bonds. The summed E-state index contributed by atoms with van der Waals surface area (Å²) in [5, 5.41) is 9.63. The Hall–Kier alpha value is -1.28. The van der Waals surface area contributed by atoms with Crippen molar-refractivity contribution < 1.29 is 9.53 Å². The number of H-pyrrole nitrogens is 1. The molecule has 0 spiro atoms. The second-order valence-corrected chi connectivity index (χ2v) is 6.16. The van der Waals surface area contributed by atoms with E-state index in [2.05, 4.69) is 15.5 Å². The molecule has 2 N–H and O–H groups in total. The van der Waals surface area contributed by atoms with E-state index in [0.29, 0.717) is 24.3 Å². The van der Waals surface area contributed by atoms with Crippen molar-refractivity contribution in [2.45, 2.75) is 49.2 Å². The van der Waals surface area contributed by atoms with Crippen molar-refractivity contribution >= 4 is 17.7 Å². The van der Waals surface area contributed by atoms with Crippen molar-refractivity contribution in [1.82, 2.24) is 20.1 Å². The molecule has 1 atom stereocenters. The molecule has 1 heterocycles. The normalized spacial score (nSPS) is 16.1. The van der Waals surface area contributed by atoms with Gasteiger partial charge in [0.2, 0.25) is 5.91 Å². The third-order valence-electron chi connectivity index (χ3n) is 3.03. The number of nitrogens with one attached hydrogen (secondary N) is 2. The van der Waals surface area contributed by atoms with Crippen molar-refractivity contribution in [2.24, 2.45) is 0 Å². The lowest BCUT2D eigenvalue weighted by molar-refractivity contribution is -0.120. The molecular formula is C12H20N4O3S. The van der Waals surface area contributed by atoms with Crippen LogP contribution >= 0.6 is 11.8 Å². The molecule has 7 nitrogen and oxygen atoms in total. The fourth-order valence-electron chi connectivity index (χ4n) is 1.72. The Morgan fingerprint density at radius 2 is 2.40 bits per heavy atom. The first-order valence-corrected chi connectivity index (χ1v) is 7.61. The summed E-state index contributed by atoms with van der Waals surface area (Å²) in [6.45, 7) is 2.93. The van der Waals surface area contributed by atoms with E-state index >= 15 is 0 Å². The van der Waals surface area contributed by atoms with Gasteiger partial charge in [-0.05, 0) is 26.2 Å². The molecule has 112 valence electrons. The van der Waals surface area contributed by atoms with Crippen LogP contribution in [-0.4, -0.2) is 45.7 Å². The topological polar surface area (TPSA) is 89.0 Å². The van der Waals surface area contributed by atoms with Crippen LogP contribution in [0, 0.1) is 0 Å². The van der Waals surface area contributed by atoms with Crippen LogP contribution < -0.4 is 11.0 Å². The Morgan fingerprint density at radius 1 is 1.65 bits per heavy atom. The van der Waals surface area contributed by atoms with Crippen LogP contribution in [0.25, 0.3) is 0 Å². The van der Waals surface area contributed by atoms with E-state index in [4.69, 9.17) is 4.74 Å². The van der Waals surface area contributed by atoms with Crippen molar-refractivity contribution in [1.29, 1.82) is 0 Å². The van der Waals surface area contributed by atoms with Crippen LogP contribution in [0.3, 0.4) is 0 Å². The molecule has 1 aliphatic carbocycles. The Kier molecular flexibility index (Phi) is 5.24. The number of carbonyl (C=O) groups excluding carboxylic acids is 1. The minimum atomic E-state index is -0.271. The number of nitrogens with zero attached hydrogens (tertiary/aromatic N) is 2. The average Bonchev–Trinajstić information content (AvgIpc) is 3.17. The smallest absolute Gasteiger partial charge is 0.343 e. The predicted octanol–water partition coefficient (Wildman–Crippen LogP) is 0.367.